The van der Waals surface area contributed by atoms with Crippen LogP contribution in [0.25, 0.3) is 0 Å². The van der Waals surface area contributed by atoms with E-state index in [2.05, 4.69) is 20.5 Å². The third kappa shape index (κ3) is 3.09. The summed E-state index contributed by atoms with van der Waals surface area (Å²) in [5.41, 5.74) is 1.64. The first-order chi connectivity index (χ1) is 9.10. The number of benzene rings is 1. The molecule has 1 aromatic heterocycles. The molecule has 0 aliphatic heterocycles. The lowest BCUT2D eigenvalue weighted by Gasteiger charge is -2.09. The molecule has 2 rings (SSSR count). The van der Waals surface area contributed by atoms with E-state index in [1.54, 1.807) is 13.0 Å². The van der Waals surface area contributed by atoms with Crippen LogP contribution in [0.5, 0.6) is 5.75 Å². The van der Waals surface area contributed by atoms with Crippen LogP contribution in [0, 0.1) is 13.8 Å². The van der Waals surface area contributed by atoms with Crippen molar-refractivity contribution in [3.63, 3.8) is 0 Å². The van der Waals surface area contributed by atoms with Gasteiger partial charge in [-0.1, -0.05) is 0 Å². The predicted molar refractivity (Wildman–Crippen MR) is 71.4 cm³/mol. The molecule has 1 amide bonds. The molecule has 0 unspecified atom stereocenters. The second-order valence-electron chi connectivity index (χ2n) is 4.11. The first kappa shape index (κ1) is 13.1. The van der Waals surface area contributed by atoms with Gasteiger partial charge in [-0.05, 0) is 44.5 Å². The highest BCUT2D eigenvalue weighted by Crippen LogP contribution is 2.21. The highest BCUT2D eigenvalue weighted by Gasteiger charge is 2.12. The summed E-state index contributed by atoms with van der Waals surface area (Å²) in [4.78, 5) is 15.9. The molecule has 6 heteroatoms. The van der Waals surface area contributed by atoms with Crippen molar-refractivity contribution in [3.8, 4) is 5.75 Å². The zero-order chi connectivity index (χ0) is 13.8. The molecule has 0 atom stereocenters. The molecule has 0 aliphatic carbocycles. The zero-order valence-corrected chi connectivity index (χ0v) is 11.2. The van der Waals surface area contributed by atoms with Gasteiger partial charge in [0.1, 0.15) is 11.6 Å². The van der Waals surface area contributed by atoms with Crippen molar-refractivity contribution in [1.82, 2.24) is 15.2 Å². The Kier molecular flexibility index (Phi) is 3.79. The van der Waals surface area contributed by atoms with Crippen molar-refractivity contribution >= 4 is 11.6 Å². The van der Waals surface area contributed by atoms with Gasteiger partial charge >= 0.3 is 0 Å². The Morgan fingerprint density at radius 1 is 1.42 bits per heavy atom. The van der Waals surface area contributed by atoms with Gasteiger partial charge in [0.05, 0.1) is 6.61 Å². The standard InChI is InChI=1S/C13H16N4O2/c1-4-19-10-5-6-11(8(2)7-10)15-13(18)12-14-9(3)16-17-12/h5-7H,4H2,1-3H3,(H,15,18)(H,14,16,17). The minimum atomic E-state index is -0.336. The van der Waals surface area contributed by atoms with Gasteiger partial charge in [-0.15, -0.1) is 5.10 Å². The average molecular weight is 260 g/mol. The Hall–Kier alpha value is -2.37. The fourth-order valence-corrected chi connectivity index (χ4v) is 1.66. The van der Waals surface area contributed by atoms with Gasteiger partial charge in [-0.3, -0.25) is 9.89 Å². The molecule has 0 saturated carbocycles. The van der Waals surface area contributed by atoms with Gasteiger partial charge in [-0.2, -0.15) is 0 Å². The highest BCUT2D eigenvalue weighted by atomic mass is 16.5. The van der Waals surface area contributed by atoms with Gasteiger partial charge in [-0.25, -0.2) is 4.98 Å². The van der Waals surface area contributed by atoms with Gasteiger partial charge in [0, 0.05) is 5.69 Å². The molecule has 2 N–H and O–H groups in total. The fourth-order valence-electron chi connectivity index (χ4n) is 1.66. The molecule has 0 aliphatic rings. The number of hydrogen-bond donors (Lipinski definition) is 2. The Morgan fingerprint density at radius 2 is 2.21 bits per heavy atom. The van der Waals surface area contributed by atoms with E-state index >= 15 is 0 Å². The summed E-state index contributed by atoms with van der Waals surface area (Å²) in [6.07, 6.45) is 0. The van der Waals surface area contributed by atoms with E-state index in [1.165, 1.54) is 0 Å². The number of hydrogen-bond acceptors (Lipinski definition) is 4. The van der Waals surface area contributed by atoms with Crippen LogP contribution in [0.1, 0.15) is 28.9 Å². The van der Waals surface area contributed by atoms with Crippen molar-refractivity contribution in [2.75, 3.05) is 11.9 Å². The Morgan fingerprint density at radius 3 is 2.79 bits per heavy atom. The van der Waals surface area contributed by atoms with E-state index in [0.717, 1.165) is 17.0 Å². The molecule has 0 saturated heterocycles. The van der Waals surface area contributed by atoms with E-state index in [0.29, 0.717) is 12.4 Å². The number of aromatic amines is 1. The molecule has 100 valence electrons. The molecule has 19 heavy (non-hydrogen) atoms. The molecule has 0 bridgehead atoms. The van der Waals surface area contributed by atoms with Crippen LogP contribution in [0.2, 0.25) is 0 Å². The third-order valence-electron chi connectivity index (χ3n) is 2.56. The van der Waals surface area contributed by atoms with Crippen molar-refractivity contribution in [1.29, 1.82) is 0 Å². The number of ether oxygens (including phenoxy) is 1. The Bertz CT molecular complexity index is 592. The van der Waals surface area contributed by atoms with Gasteiger partial charge in [0.15, 0.2) is 0 Å². The molecule has 2 aromatic rings. The maximum atomic E-state index is 11.9. The number of aryl methyl sites for hydroxylation is 2. The summed E-state index contributed by atoms with van der Waals surface area (Å²) < 4.78 is 5.39. The summed E-state index contributed by atoms with van der Waals surface area (Å²) in [6, 6.07) is 5.50. The average Bonchev–Trinajstić information content (AvgIpc) is 2.80. The van der Waals surface area contributed by atoms with Gasteiger partial charge in [0.25, 0.3) is 5.91 Å². The smallest absolute Gasteiger partial charge is 0.295 e. The number of nitrogens with zero attached hydrogens (tertiary/aromatic N) is 2. The number of anilines is 1. The number of aromatic nitrogens is 3. The summed E-state index contributed by atoms with van der Waals surface area (Å²) in [5, 5.41) is 9.22. The van der Waals surface area contributed by atoms with Crippen LogP contribution in [0.3, 0.4) is 0 Å². The fraction of sp³-hybridized carbons (Fsp3) is 0.308. The third-order valence-corrected chi connectivity index (χ3v) is 2.56. The summed E-state index contributed by atoms with van der Waals surface area (Å²) in [5.74, 6) is 1.18. The van der Waals surface area contributed by atoms with E-state index in [1.807, 2.05) is 26.0 Å². The maximum Gasteiger partial charge on any atom is 0.295 e. The van der Waals surface area contributed by atoms with Crippen LogP contribution in [0.15, 0.2) is 18.2 Å². The van der Waals surface area contributed by atoms with Gasteiger partial charge in [0.2, 0.25) is 5.82 Å². The second kappa shape index (κ2) is 5.51. The van der Waals surface area contributed by atoms with Crippen LogP contribution in [-0.2, 0) is 0 Å². The molecule has 0 fully saturated rings. The molecule has 1 aromatic carbocycles. The lowest BCUT2D eigenvalue weighted by molar-refractivity contribution is 0.101. The minimum Gasteiger partial charge on any atom is -0.494 e. The summed E-state index contributed by atoms with van der Waals surface area (Å²) in [7, 11) is 0. The predicted octanol–water partition coefficient (Wildman–Crippen LogP) is 2.07. The summed E-state index contributed by atoms with van der Waals surface area (Å²) >= 11 is 0. The molecule has 0 spiro atoms. The van der Waals surface area contributed by atoms with Gasteiger partial charge < -0.3 is 10.1 Å². The Balaban J connectivity index is 2.13. The van der Waals surface area contributed by atoms with Crippen molar-refractivity contribution in [3.05, 3.63) is 35.4 Å². The first-order valence-electron chi connectivity index (χ1n) is 6.04. The lowest BCUT2D eigenvalue weighted by Crippen LogP contribution is -2.14. The molecule has 1 heterocycles. The topological polar surface area (TPSA) is 79.9 Å². The quantitative estimate of drug-likeness (QED) is 0.882. The van der Waals surface area contributed by atoms with E-state index in [9.17, 15) is 4.79 Å². The van der Waals surface area contributed by atoms with Crippen LogP contribution in [0.4, 0.5) is 5.69 Å². The van der Waals surface area contributed by atoms with Crippen LogP contribution < -0.4 is 10.1 Å². The van der Waals surface area contributed by atoms with E-state index < -0.39 is 0 Å². The molecular formula is C13H16N4O2. The SMILES string of the molecule is CCOc1ccc(NC(=O)c2n[nH]c(C)n2)c(C)c1. The second-order valence-corrected chi connectivity index (χ2v) is 4.11. The largest absolute Gasteiger partial charge is 0.494 e. The van der Waals surface area contributed by atoms with Crippen molar-refractivity contribution in [2.45, 2.75) is 20.8 Å². The number of carbonyl (C=O) groups is 1. The minimum absolute atomic E-state index is 0.130. The molecule has 6 nitrogen and oxygen atoms in total. The Labute approximate surface area is 111 Å². The number of H-pyrrole nitrogens is 1. The van der Waals surface area contributed by atoms with E-state index in [-0.39, 0.29) is 11.7 Å². The maximum absolute atomic E-state index is 11.9. The van der Waals surface area contributed by atoms with Crippen molar-refractivity contribution < 1.29 is 9.53 Å². The molecule has 0 radical (unpaired) electrons. The van der Waals surface area contributed by atoms with Crippen LogP contribution >= 0.6 is 0 Å². The number of nitrogens with one attached hydrogen (secondary N) is 2. The van der Waals surface area contributed by atoms with E-state index in [4.69, 9.17) is 4.74 Å². The normalized spacial score (nSPS) is 10.3. The molecular weight excluding hydrogens is 244 g/mol. The number of rotatable bonds is 4. The number of amides is 1. The van der Waals surface area contributed by atoms with Crippen molar-refractivity contribution in [2.24, 2.45) is 0 Å². The lowest BCUT2D eigenvalue weighted by atomic mass is 10.2. The summed E-state index contributed by atoms with van der Waals surface area (Å²) in [6.45, 7) is 6.19. The van der Waals surface area contributed by atoms with Crippen LogP contribution in [-0.4, -0.2) is 27.7 Å². The number of carbonyl (C=O) groups excluding carboxylic acids is 1. The zero-order valence-electron chi connectivity index (χ0n) is 11.2. The highest BCUT2D eigenvalue weighted by molar-refractivity contribution is 6.01. The first-order valence-corrected chi connectivity index (χ1v) is 6.04. The monoisotopic (exact) mass is 260 g/mol.